The lowest BCUT2D eigenvalue weighted by Crippen LogP contribution is -2.59. The number of halogens is 2. The van der Waals surface area contributed by atoms with Gasteiger partial charge in [-0.3, -0.25) is 4.79 Å². The van der Waals surface area contributed by atoms with Crippen LogP contribution in [-0.2, 0) is 17.6 Å². The van der Waals surface area contributed by atoms with Crippen molar-refractivity contribution in [2.45, 2.75) is 45.5 Å². The number of benzene rings is 1. The average molecular weight is 439 g/mol. The highest BCUT2D eigenvalue weighted by Crippen LogP contribution is 2.42. The first-order valence-electron chi connectivity index (χ1n) is 11.3. The third-order valence-corrected chi connectivity index (χ3v) is 7.20. The van der Waals surface area contributed by atoms with Crippen molar-refractivity contribution in [3.8, 4) is 11.3 Å². The molecule has 0 bridgehead atoms. The summed E-state index contributed by atoms with van der Waals surface area (Å²) in [5.41, 5.74) is 4.81. The fraction of sp³-hybridized carbons (Fsp3) is 0.480. The van der Waals surface area contributed by atoms with E-state index >= 15 is 0 Å². The number of aromatic nitrogens is 2. The van der Waals surface area contributed by atoms with Gasteiger partial charge in [-0.05, 0) is 56.7 Å². The zero-order valence-electron chi connectivity index (χ0n) is 18.4. The summed E-state index contributed by atoms with van der Waals surface area (Å²) in [5.74, 6) is 0.670. The second-order valence-corrected chi connectivity index (χ2v) is 9.45. The van der Waals surface area contributed by atoms with Crippen molar-refractivity contribution in [2.24, 2.45) is 5.41 Å². The number of likely N-dealkylation sites (tertiary alicyclic amines) is 1. The summed E-state index contributed by atoms with van der Waals surface area (Å²) < 4.78 is 26.9. The molecule has 2 saturated heterocycles. The summed E-state index contributed by atoms with van der Waals surface area (Å²) in [5, 5.41) is 0. The monoisotopic (exact) mass is 438 g/mol. The standard InChI is InChI=1S/C25H28F2N4O/c1-3-21(32)31-14-25(15-31)10-11-30(13-25)24-28-20-7-5-4-6-18(20)22(29-24)19-12-17(23(26)27)9-8-16(19)2/h3,8-9,12,23H,1,4-7,10-11,13-15H2,2H3. The highest BCUT2D eigenvalue weighted by Gasteiger charge is 2.49. The molecule has 0 atom stereocenters. The molecule has 3 aliphatic rings. The molecule has 0 unspecified atom stereocenters. The van der Waals surface area contributed by atoms with Gasteiger partial charge in [0.05, 0.1) is 5.69 Å². The molecule has 5 rings (SSSR count). The quantitative estimate of drug-likeness (QED) is 0.660. The van der Waals surface area contributed by atoms with Gasteiger partial charge in [0.1, 0.15) is 0 Å². The van der Waals surface area contributed by atoms with Gasteiger partial charge in [0, 0.05) is 54.0 Å². The van der Waals surface area contributed by atoms with Crippen LogP contribution in [0.2, 0.25) is 0 Å². The number of fused-ring (bicyclic) bond motifs is 1. The number of alkyl halides is 2. The van der Waals surface area contributed by atoms with Crippen molar-refractivity contribution in [2.75, 3.05) is 31.1 Å². The molecule has 0 saturated carbocycles. The van der Waals surface area contributed by atoms with E-state index in [9.17, 15) is 13.6 Å². The number of hydrogen-bond donors (Lipinski definition) is 0. The Kier molecular flexibility index (Phi) is 5.22. The van der Waals surface area contributed by atoms with Crippen LogP contribution in [0.3, 0.4) is 0 Å². The molecule has 2 aliphatic heterocycles. The van der Waals surface area contributed by atoms with Gasteiger partial charge in [0.2, 0.25) is 11.9 Å². The summed E-state index contributed by atoms with van der Waals surface area (Å²) in [6.45, 7) is 8.65. The molecule has 168 valence electrons. The zero-order chi connectivity index (χ0) is 22.5. The van der Waals surface area contributed by atoms with E-state index in [4.69, 9.17) is 9.97 Å². The van der Waals surface area contributed by atoms with Crippen molar-refractivity contribution in [1.29, 1.82) is 0 Å². The molecule has 3 heterocycles. The Bertz CT molecular complexity index is 1080. The van der Waals surface area contributed by atoms with Crippen molar-refractivity contribution in [3.05, 3.63) is 53.2 Å². The van der Waals surface area contributed by atoms with E-state index < -0.39 is 6.43 Å². The van der Waals surface area contributed by atoms with Crippen LogP contribution in [0.25, 0.3) is 11.3 Å². The Hall–Kier alpha value is -2.83. The van der Waals surface area contributed by atoms with Crippen LogP contribution in [-0.4, -0.2) is 47.0 Å². The second kappa shape index (κ2) is 7.94. The van der Waals surface area contributed by atoms with Crippen molar-refractivity contribution in [3.63, 3.8) is 0 Å². The lowest BCUT2D eigenvalue weighted by Gasteiger charge is -2.47. The van der Waals surface area contributed by atoms with Crippen molar-refractivity contribution < 1.29 is 13.6 Å². The maximum absolute atomic E-state index is 13.4. The Morgan fingerprint density at radius 1 is 1.19 bits per heavy atom. The minimum atomic E-state index is -2.51. The number of carbonyl (C=O) groups excluding carboxylic acids is 1. The van der Waals surface area contributed by atoms with E-state index in [2.05, 4.69) is 11.5 Å². The van der Waals surface area contributed by atoms with Gasteiger partial charge in [-0.2, -0.15) is 0 Å². The average Bonchev–Trinajstić information content (AvgIpc) is 3.23. The number of nitrogens with zero attached hydrogens (tertiary/aromatic N) is 4. The molecule has 2 aromatic rings. The summed E-state index contributed by atoms with van der Waals surface area (Å²) in [6.07, 6.45) is 3.78. The Balaban J connectivity index is 1.49. The number of rotatable bonds is 4. The third kappa shape index (κ3) is 3.57. The first-order chi connectivity index (χ1) is 15.4. The van der Waals surface area contributed by atoms with Gasteiger partial charge in [-0.25, -0.2) is 18.7 Å². The first-order valence-corrected chi connectivity index (χ1v) is 11.3. The van der Waals surface area contributed by atoms with Crippen LogP contribution in [0.4, 0.5) is 14.7 Å². The molecule has 1 aromatic carbocycles. The van der Waals surface area contributed by atoms with E-state index in [1.54, 1.807) is 12.1 Å². The highest BCUT2D eigenvalue weighted by molar-refractivity contribution is 5.87. The molecule has 7 heteroatoms. The van der Waals surface area contributed by atoms with Crippen molar-refractivity contribution in [1.82, 2.24) is 14.9 Å². The maximum atomic E-state index is 13.4. The lowest BCUT2D eigenvalue weighted by molar-refractivity contribution is -0.136. The van der Waals surface area contributed by atoms with Gasteiger partial charge in [0.25, 0.3) is 6.43 Å². The van der Waals surface area contributed by atoms with Gasteiger partial charge >= 0.3 is 0 Å². The van der Waals surface area contributed by atoms with E-state index in [0.29, 0.717) is 5.95 Å². The molecule has 32 heavy (non-hydrogen) atoms. The van der Waals surface area contributed by atoms with E-state index in [1.165, 1.54) is 12.1 Å². The fourth-order valence-corrected chi connectivity index (χ4v) is 5.39. The first kappa shape index (κ1) is 21.0. The molecule has 1 aromatic heterocycles. The van der Waals surface area contributed by atoms with Crippen LogP contribution in [0.1, 0.15) is 48.1 Å². The topological polar surface area (TPSA) is 49.3 Å². The van der Waals surface area contributed by atoms with Crippen LogP contribution < -0.4 is 4.90 Å². The van der Waals surface area contributed by atoms with Gasteiger partial charge in [-0.15, -0.1) is 0 Å². The third-order valence-electron chi connectivity index (χ3n) is 7.20. The van der Waals surface area contributed by atoms with Gasteiger partial charge < -0.3 is 9.80 Å². The number of aryl methyl sites for hydroxylation is 2. The Labute approximate surface area is 187 Å². The van der Waals surface area contributed by atoms with Crippen LogP contribution in [0.15, 0.2) is 30.9 Å². The summed E-state index contributed by atoms with van der Waals surface area (Å²) in [7, 11) is 0. The largest absolute Gasteiger partial charge is 0.340 e. The fourth-order valence-electron chi connectivity index (χ4n) is 5.39. The van der Waals surface area contributed by atoms with Crippen LogP contribution in [0, 0.1) is 12.3 Å². The predicted octanol–water partition coefficient (Wildman–Crippen LogP) is 4.49. The molecule has 1 spiro atoms. The van der Waals surface area contributed by atoms with E-state index in [0.717, 1.165) is 86.4 Å². The summed E-state index contributed by atoms with van der Waals surface area (Å²) >= 11 is 0. The highest BCUT2D eigenvalue weighted by atomic mass is 19.3. The number of hydrogen-bond acceptors (Lipinski definition) is 4. The van der Waals surface area contributed by atoms with Crippen LogP contribution >= 0.6 is 0 Å². The van der Waals surface area contributed by atoms with E-state index in [1.807, 2.05) is 11.8 Å². The summed E-state index contributed by atoms with van der Waals surface area (Å²) in [4.78, 5) is 25.8. The molecular weight excluding hydrogens is 410 g/mol. The number of anilines is 1. The van der Waals surface area contributed by atoms with Crippen molar-refractivity contribution >= 4 is 11.9 Å². The molecule has 2 fully saturated rings. The summed E-state index contributed by atoms with van der Waals surface area (Å²) in [6, 6.07) is 4.85. The number of carbonyl (C=O) groups is 1. The lowest BCUT2D eigenvalue weighted by atomic mass is 9.79. The van der Waals surface area contributed by atoms with Gasteiger partial charge in [-0.1, -0.05) is 18.7 Å². The Morgan fingerprint density at radius 3 is 2.72 bits per heavy atom. The molecule has 0 N–H and O–H groups in total. The molecular formula is C25H28F2N4O. The minimum Gasteiger partial charge on any atom is -0.340 e. The molecule has 5 nitrogen and oxygen atoms in total. The van der Waals surface area contributed by atoms with E-state index in [-0.39, 0.29) is 16.9 Å². The van der Waals surface area contributed by atoms with Gasteiger partial charge in [0.15, 0.2) is 0 Å². The molecule has 1 amide bonds. The second-order valence-electron chi connectivity index (χ2n) is 9.45. The predicted molar refractivity (Wildman–Crippen MR) is 120 cm³/mol. The maximum Gasteiger partial charge on any atom is 0.263 e. The smallest absolute Gasteiger partial charge is 0.263 e. The normalized spacial score (nSPS) is 19.2. The van der Waals surface area contributed by atoms with Crippen LogP contribution in [0.5, 0.6) is 0 Å². The minimum absolute atomic E-state index is 0.0178. The molecule has 0 radical (unpaired) electrons. The Morgan fingerprint density at radius 2 is 1.97 bits per heavy atom. The zero-order valence-corrected chi connectivity index (χ0v) is 18.4. The number of amides is 1. The SMILES string of the molecule is C=CC(=O)N1CC2(CCN(c3nc4c(c(-c5cc(C(F)F)ccc5C)n3)CCCC4)C2)C1. The molecule has 1 aliphatic carbocycles.